The second-order valence-electron chi connectivity index (χ2n) is 7.74. The SMILES string of the molecule is CCCN=C(NCCc1ccco1)NCCN1C(=O)C2C3C=CC(C3)C2C1=O.I. The maximum absolute atomic E-state index is 12.7. The summed E-state index contributed by atoms with van der Waals surface area (Å²) in [4.78, 5) is 31.4. The molecule has 2 heterocycles. The highest BCUT2D eigenvalue weighted by atomic mass is 127. The number of guanidine groups is 1. The molecule has 158 valence electrons. The van der Waals surface area contributed by atoms with Crippen molar-refractivity contribution in [1.82, 2.24) is 15.5 Å². The minimum absolute atomic E-state index is 0. The molecular weight excluding hydrogens is 483 g/mol. The van der Waals surface area contributed by atoms with E-state index in [0.717, 1.165) is 31.6 Å². The number of allylic oxidation sites excluding steroid dienone is 2. The molecule has 2 N–H and O–H groups in total. The van der Waals surface area contributed by atoms with Gasteiger partial charge in [0.2, 0.25) is 11.8 Å². The second kappa shape index (κ2) is 9.77. The lowest BCUT2D eigenvalue weighted by atomic mass is 9.85. The molecule has 2 fully saturated rings. The highest BCUT2D eigenvalue weighted by Crippen LogP contribution is 2.52. The van der Waals surface area contributed by atoms with Gasteiger partial charge in [0.1, 0.15) is 5.76 Å². The van der Waals surface area contributed by atoms with Crippen molar-refractivity contribution in [3.8, 4) is 0 Å². The number of halogens is 1. The van der Waals surface area contributed by atoms with Gasteiger partial charge in [-0.05, 0) is 36.8 Å². The summed E-state index contributed by atoms with van der Waals surface area (Å²) in [5.41, 5.74) is 0. The van der Waals surface area contributed by atoms with E-state index in [1.54, 1.807) is 6.26 Å². The van der Waals surface area contributed by atoms with Gasteiger partial charge in [-0.2, -0.15) is 0 Å². The number of nitrogens with one attached hydrogen (secondary N) is 2. The second-order valence-corrected chi connectivity index (χ2v) is 7.74. The number of rotatable bonds is 8. The molecule has 4 unspecified atom stereocenters. The summed E-state index contributed by atoms with van der Waals surface area (Å²) < 4.78 is 5.34. The van der Waals surface area contributed by atoms with Crippen LogP contribution in [0.3, 0.4) is 0 Å². The zero-order valence-electron chi connectivity index (χ0n) is 16.7. The van der Waals surface area contributed by atoms with Crippen LogP contribution in [-0.4, -0.2) is 48.9 Å². The summed E-state index contributed by atoms with van der Waals surface area (Å²) >= 11 is 0. The van der Waals surface area contributed by atoms with E-state index in [2.05, 4.69) is 34.7 Å². The van der Waals surface area contributed by atoms with E-state index in [4.69, 9.17) is 4.42 Å². The molecule has 8 heteroatoms. The molecule has 7 nitrogen and oxygen atoms in total. The molecule has 1 aromatic rings. The van der Waals surface area contributed by atoms with Crippen molar-refractivity contribution in [3.05, 3.63) is 36.3 Å². The van der Waals surface area contributed by atoms with Gasteiger partial charge in [0.15, 0.2) is 5.96 Å². The van der Waals surface area contributed by atoms with Crippen molar-refractivity contribution in [2.24, 2.45) is 28.7 Å². The summed E-state index contributed by atoms with van der Waals surface area (Å²) in [6.45, 7) is 4.37. The predicted octanol–water partition coefficient (Wildman–Crippen LogP) is 2.19. The summed E-state index contributed by atoms with van der Waals surface area (Å²) in [5, 5.41) is 6.54. The van der Waals surface area contributed by atoms with Crippen molar-refractivity contribution in [1.29, 1.82) is 0 Å². The highest BCUT2D eigenvalue weighted by Gasteiger charge is 2.58. The fourth-order valence-corrected chi connectivity index (χ4v) is 4.63. The topological polar surface area (TPSA) is 86.9 Å². The fraction of sp³-hybridized carbons (Fsp3) is 0.571. The van der Waals surface area contributed by atoms with E-state index in [1.165, 1.54) is 4.90 Å². The number of carbonyl (C=O) groups excluding carboxylic acids is 2. The molecule has 4 rings (SSSR count). The minimum atomic E-state index is -0.123. The molecule has 4 atom stereocenters. The molecule has 2 bridgehead atoms. The number of amides is 2. The Morgan fingerprint density at radius 1 is 1.17 bits per heavy atom. The molecule has 0 spiro atoms. The smallest absolute Gasteiger partial charge is 0.233 e. The maximum atomic E-state index is 12.7. The normalized spacial score (nSPS) is 27.3. The van der Waals surface area contributed by atoms with Crippen LogP contribution in [0.1, 0.15) is 25.5 Å². The lowest BCUT2D eigenvalue weighted by molar-refractivity contribution is -0.140. The third-order valence-electron chi connectivity index (χ3n) is 5.93. The van der Waals surface area contributed by atoms with Crippen molar-refractivity contribution in [2.75, 3.05) is 26.2 Å². The molecule has 0 radical (unpaired) electrons. The summed E-state index contributed by atoms with van der Waals surface area (Å²) in [6, 6.07) is 3.82. The Bertz CT molecular complexity index is 747. The van der Waals surface area contributed by atoms with Gasteiger partial charge in [0, 0.05) is 32.6 Å². The van der Waals surface area contributed by atoms with E-state index in [9.17, 15) is 9.59 Å². The van der Waals surface area contributed by atoms with Gasteiger partial charge < -0.3 is 15.1 Å². The van der Waals surface area contributed by atoms with Crippen LogP contribution in [0.15, 0.2) is 40.0 Å². The van der Waals surface area contributed by atoms with Crippen molar-refractivity contribution >= 4 is 41.8 Å². The third kappa shape index (κ3) is 4.51. The Morgan fingerprint density at radius 3 is 2.48 bits per heavy atom. The van der Waals surface area contributed by atoms with Crippen LogP contribution in [-0.2, 0) is 16.0 Å². The van der Waals surface area contributed by atoms with Crippen molar-refractivity contribution < 1.29 is 14.0 Å². The van der Waals surface area contributed by atoms with Crippen LogP contribution in [0.25, 0.3) is 0 Å². The number of hydrogen-bond donors (Lipinski definition) is 2. The fourth-order valence-electron chi connectivity index (χ4n) is 4.63. The quantitative estimate of drug-likeness (QED) is 0.183. The van der Waals surface area contributed by atoms with Crippen molar-refractivity contribution in [2.45, 2.75) is 26.2 Å². The molecule has 1 saturated carbocycles. The molecule has 2 aliphatic carbocycles. The first kappa shape index (κ1) is 21.9. The Hall–Kier alpha value is -1.84. The van der Waals surface area contributed by atoms with Gasteiger partial charge in [0.25, 0.3) is 0 Å². The van der Waals surface area contributed by atoms with Crippen LogP contribution < -0.4 is 10.6 Å². The van der Waals surface area contributed by atoms with Crippen LogP contribution in [0.4, 0.5) is 0 Å². The van der Waals surface area contributed by atoms with Crippen LogP contribution in [0.5, 0.6) is 0 Å². The summed E-state index contributed by atoms with van der Waals surface area (Å²) in [5.74, 6) is 1.91. The van der Waals surface area contributed by atoms with Crippen LogP contribution >= 0.6 is 24.0 Å². The first-order valence-corrected chi connectivity index (χ1v) is 10.3. The van der Waals surface area contributed by atoms with Gasteiger partial charge >= 0.3 is 0 Å². The van der Waals surface area contributed by atoms with E-state index in [0.29, 0.717) is 25.6 Å². The number of nitrogens with zero attached hydrogens (tertiary/aromatic N) is 2. The number of likely N-dealkylation sites (tertiary alicyclic amines) is 1. The zero-order chi connectivity index (χ0) is 19.5. The minimum Gasteiger partial charge on any atom is -0.469 e. The summed E-state index contributed by atoms with van der Waals surface area (Å²) in [7, 11) is 0. The van der Waals surface area contributed by atoms with Gasteiger partial charge in [-0.25, -0.2) is 0 Å². The largest absolute Gasteiger partial charge is 0.469 e. The lowest BCUT2D eigenvalue weighted by Crippen LogP contribution is -2.44. The number of imide groups is 1. The van der Waals surface area contributed by atoms with E-state index < -0.39 is 0 Å². The summed E-state index contributed by atoms with van der Waals surface area (Å²) in [6.07, 6.45) is 8.59. The molecule has 1 saturated heterocycles. The Balaban J connectivity index is 0.00000240. The van der Waals surface area contributed by atoms with Gasteiger partial charge in [-0.1, -0.05) is 19.1 Å². The molecule has 1 aliphatic heterocycles. The zero-order valence-corrected chi connectivity index (χ0v) is 19.0. The molecule has 3 aliphatic rings. The lowest BCUT2D eigenvalue weighted by Gasteiger charge is -2.18. The number of furan rings is 1. The first-order valence-electron chi connectivity index (χ1n) is 10.3. The van der Waals surface area contributed by atoms with E-state index in [1.807, 2.05) is 12.1 Å². The molecule has 2 amide bonds. The van der Waals surface area contributed by atoms with E-state index in [-0.39, 0.29) is 59.5 Å². The maximum Gasteiger partial charge on any atom is 0.233 e. The number of carbonyl (C=O) groups is 2. The van der Waals surface area contributed by atoms with E-state index >= 15 is 0 Å². The predicted molar refractivity (Wildman–Crippen MR) is 121 cm³/mol. The number of hydrogen-bond acceptors (Lipinski definition) is 4. The van der Waals surface area contributed by atoms with Gasteiger partial charge in [-0.15, -0.1) is 24.0 Å². The standard InChI is InChI=1S/C21H28N4O3.HI/c1-2-8-22-21(23-9-7-16-4-3-12-28-16)24-10-11-25-19(26)17-14-5-6-15(13-14)18(17)20(25)27;/h3-6,12,14-15,17-18H,2,7-11,13H2,1H3,(H2,22,23,24);1H. The molecular formula is C21H29IN4O3. The Kier molecular flexibility index (Phi) is 7.37. The van der Waals surface area contributed by atoms with Crippen molar-refractivity contribution in [3.63, 3.8) is 0 Å². The third-order valence-corrected chi connectivity index (χ3v) is 5.93. The average molecular weight is 512 g/mol. The van der Waals surface area contributed by atoms with Gasteiger partial charge in [0.05, 0.1) is 18.1 Å². The molecule has 0 aromatic carbocycles. The van der Waals surface area contributed by atoms with Crippen LogP contribution in [0.2, 0.25) is 0 Å². The molecule has 29 heavy (non-hydrogen) atoms. The average Bonchev–Trinajstić information content (AvgIpc) is 3.47. The number of aliphatic imine (C=N–C) groups is 1. The molecule has 1 aromatic heterocycles. The monoisotopic (exact) mass is 512 g/mol. The Labute approximate surface area is 188 Å². The number of fused-ring (bicyclic) bond motifs is 5. The Morgan fingerprint density at radius 2 is 1.86 bits per heavy atom. The first-order chi connectivity index (χ1) is 13.7. The van der Waals surface area contributed by atoms with Crippen LogP contribution in [0, 0.1) is 23.7 Å². The van der Waals surface area contributed by atoms with Gasteiger partial charge in [-0.3, -0.25) is 19.5 Å². The highest BCUT2D eigenvalue weighted by molar-refractivity contribution is 14.0.